The Morgan fingerprint density at radius 3 is 2.48 bits per heavy atom. The molecule has 1 saturated carbocycles. The highest BCUT2D eigenvalue weighted by Crippen LogP contribution is 2.40. The summed E-state index contributed by atoms with van der Waals surface area (Å²) in [7, 11) is -3.43. The fourth-order valence-electron chi connectivity index (χ4n) is 3.18. The molecular weight excluding hydrogens is 284 g/mol. The number of sulfonamides is 1. The Kier molecular flexibility index (Phi) is 5.07. The molecule has 0 atom stereocenters. The smallest absolute Gasteiger partial charge is 0.240 e. The minimum Gasteiger partial charge on any atom is -0.326 e. The Morgan fingerprint density at radius 1 is 1.29 bits per heavy atom. The Hall–Kier alpha value is -0.910. The Morgan fingerprint density at radius 2 is 1.95 bits per heavy atom. The molecule has 5 heteroatoms. The van der Waals surface area contributed by atoms with E-state index < -0.39 is 10.0 Å². The molecule has 21 heavy (non-hydrogen) atoms. The van der Waals surface area contributed by atoms with Gasteiger partial charge in [0.2, 0.25) is 10.0 Å². The van der Waals surface area contributed by atoms with E-state index in [4.69, 9.17) is 5.73 Å². The molecule has 1 aromatic rings. The second-order valence-corrected chi connectivity index (χ2v) is 7.94. The maximum atomic E-state index is 12.5. The van der Waals surface area contributed by atoms with Crippen molar-refractivity contribution in [3.63, 3.8) is 0 Å². The minimum atomic E-state index is -3.43. The molecule has 0 saturated heterocycles. The number of nitrogens with two attached hydrogens (primary N) is 1. The van der Waals surface area contributed by atoms with Crippen LogP contribution in [0.2, 0.25) is 0 Å². The summed E-state index contributed by atoms with van der Waals surface area (Å²) in [6, 6.07) is 5.15. The molecule has 0 heterocycles. The Labute approximate surface area is 128 Å². The lowest BCUT2D eigenvalue weighted by Crippen LogP contribution is -2.35. The van der Waals surface area contributed by atoms with E-state index in [-0.39, 0.29) is 5.41 Å². The van der Waals surface area contributed by atoms with Gasteiger partial charge in [-0.1, -0.05) is 25.8 Å². The first-order valence-electron chi connectivity index (χ1n) is 7.72. The topological polar surface area (TPSA) is 72.2 Å². The van der Waals surface area contributed by atoms with Gasteiger partial charge in [-0.2, -0.15) is 0 Å². The van der Waals surface area contributed by atoms with Gasteiger partial charge in [0, 0.05) is 13.1 Å². The summed E-state index contributed by atoms with van der Waals surface area (Å²) in [5.74, 6) is 0. The van der Waals surface area contributed by atoms with Crippen LogP contribution >= 0.6 is 0 Å². The van der Waals surface area contributed by atoms with Gasteiger partial charge in [0.15, 0.2) is 0 Å². The second kappa shape index (κ2) is 6.46. The fraction of sp³-hybridized carbons (Fsp3) is 0.625. The van der Waals surface area contributed by atoms with Gasteiger partial charge in [-0.3, -0.25) is 0 Å². The SMILES string of the molecule is CCC1(CNS(=O)(=O)c2ccc(CN)c(C)c2)CCCC1. The number of rotatable bonds is 6. The molecule has 0 aromatic heterocycles. The van der Waals surface area contributed by atoms with Gasteiger partial charge in [-0.15, -0.1) is 0 Å². The molecule has 1 fully saturated rings. The molecule has 1 aliphatic carbocycles. The van der Waals surface area contributed by atoms with Crippen molar-refractivity contribution in [3.8, 4) is 0 Å². The van der Waals surface area contributed by atoms with Crippen molar-refractivity contribution < 1.29 is 8.42 Å². The van der Waals surface area contributed by atoms with Crippen LogP contribution in [0.1, 0.15) is 50.2 Å². The zero-order valence-electron chi connectivity index (χ0n) is 13.0. The Bertz CT molecular complexity index is 590. The lowest BCUT2D eigenvalue weighted by atomic mass is 9.84. The van der Waals surface area contributed by atoms with Gasteiger partial charge < -0.3 is 5.73 Å². The first-order chi connectivity index (χ1) is 9.92. The molecule has 3 N–H and O–H groups in total. The van der Waals surface area contributed by atoms with Gasteiger partial charge in [0.05, 0.1) is 4.90 Å². The molecule has 118 valence electrons. The summed E-state index contributed by atoms with van der Waals surface area (Å²) < 4.78 is 27.7. The summed E-state index contributed by atoms with van der Waals surface area (Å²) in [6.45, 7) is 5.02. The quantitative estimate of drug-likeness (QED) is 0.848. The molecule has 0 bridgehead atoms. The number of nitrogens with one attached hydrogen (secondary N) is 1. The lowest BCUT2D eigenvalue weighted by Gasteiger charge is -2.27. The van der Waals surface area contributed by atoms with Gasteiger partial charge in [0.1, 0.15) is 0 Å². The van der Waals surface area contributed by atoms with Crippen LogP contribution < -0.4 is 10.5 Å². The fourth-order valence-corrected chi connectivity index (χ4v) is 4.42. The van der Waals surface area contributed by atoms with E-state index in [1.54, 1.807) is 18.2 Å². The van der Waals surface area contributed by atoms with Crippen molar-refractivity contribution in [1.29, 1.82) is 0 Å². The first kappa shape index (κ1) is 16.5. The van der Waals surface area contributed by atoms with E-state index in [0.717, 1.165) is 30.4 Å². The van der Waals surface area contributed by atoms with Crippen LogP contribution in [0.4, 0.5) is 0 Å². The number of aryl methyl sites for hydroxylation is 1. The summed E-state index contributed by atoms with van der Waals surface area (Å²) in [6.07, 6.45) is 5.69. The van der Waals surface area contributed by atoms with Crippen LogP contribution in [0.15, 0.2) is 23.1 Å². The van der Waals surface area contributed by atoms with E-state index in [2.05, 4.69) is 11.6 Å². The van der Waals surface area contributed by atoms with Crippen LogP contribution in [0, 0.1) is 12.3 Å². The maximum absolute atomic E-state index is 12.5. The highest BCUT2D eigenvalue weighted by Gasteiger charge is 2.33. The predicted octanol–water partition coefficient (Wildman–Crippen LogP) is 2.70. The van der Waals surface area contributed by atoms with Crippen molar-refractivity contribution >= 4 is 10.0 Å². The molecule has 0 amide bonds. The van der Waals surface area contributed by atoms with Crippen LogP contribution in [0.25, 0.3) is 0 Å². The van der Waals surface area contributed by atoms with E-state index in [0.29, 0.717) is 18.0 Å². The largest absolute Gasteiger partial charge is 0.326 e. The molecule has 0 aliphatic heterocycles. The van der Waals surface area contributed by atoms with Crippen molar-refractivity contribution in [3.05, 3.63) is 29.3 Å². The van der Waals surface area contributed by atoms with Gasteiger partial charge in [0.25, 0.3) is 0 Å². The van der Waals surface area contributed by atoms with E-state index in [9.17, 15) is 8.42 Å². The van der Waals surface area contributed by atoms with Gasteiger partial charge in [-0.25, -0.2) is 13.1 Å². The molecule has 0 radical (unpaired) electrons. The van der Waals surface area contributed by atoms with E-state index in [1.807, 2.05) is 6.92 Å². The molecule has 2 rings (SSSR count). The minimum absolute atomic E-state index is 0.152. The third-order valence-corrected chi connectivity index (χ3v) is 6.29. The van der Waals surface area contributed by atoms with Crippen LogP contribution in [-0.4, -0.2) is 15.0 Å². The molecule has 0 unspecified atom stereocenters. The molecular formula is C16H26N2O2S. The van der Waals surface area contributed by atoms with Crippen molar-refractivity contribution in [1.82, 2.24) is 4.72 Å². The monoisotopic (exact) mass is 310 g/mol. The highest BCUT2D eigenvalue weighted by atomic mass is 32.2. The highest BCUT2D eigenvalue weighted by molar-refractivity contribution is 7.89. The molecule has 1 aromatic carbocycles. The van der Waals surface area contributed by atoms with Gasteiger partial charge in [-0.05, 0) is 54.9 Å². The van der Waals surface area contributed by atoms with E-state index in [1.165, 1.54) is 12.8 Å². The van der Waals surface area contributed by atoms with Crippen molar-refractivity contribution in [2.24, 2.45) is 11.1 Å². The number of hydrogen-bond donors (Lipinski definition) is 2. The third-order valence-electron chi connectivity index (χ3n) is 4.90. The molecule has 1 aliphatic rings. The summed E-state index contributed by atoms with van der Waals surface area (Å²) >= 11 is 0. The molecule has 0 spiro atoms. The second-order valence-electron chi connectivity index (χ2n) is 6.18. The van der Waals surface area contributed by atoms with Crippen molar-refractivity contribution in [2.75, 3.05) is 6.54 Å². The lowest BCUT2D eigenvalue weighted by molar-refractivity contribution is 0.285. The first-order valence-corrected chi connectivity index (χ1v) is 9.20. The summed E-state index contributed by atoms with van der Waals surface area (Å²) in [5.41, 5.74) is 7.68. The van der Waals surface area contributed by atoms with Crippen molar-refractivity contribution in [2.45, 2.75) is 57.4 Å². The van der Waals surface area contributed by atoms with E-state index >= 15 is 0 Å². The normalized spacial score (nSPS) is 18.0. The van der Waals surface area contributed by atoms with Crippen LogP contribution in [0.5, 0.6) is 0 Å². The van der Waals surface area contributed by atoms with Crippen LogP contribution in [-0.2, 0) is 16.6 Å². The third kappa shape index (κ3) is 3.65. The van der Waals surface area contributed by atoms with Gasteiger partial charge >= 0.3 is 0 Å². The average molecular weight is 310 g/mol. The number of hydrogen-bond acceptors (Lipinski definition) is 3. The Balaban J connectivity index is 2.13. The zero-order chi connectivity index (χ0) is 15.5. The van der Waals surface area contributed by atoms with Crippen LogP contribution in [0.3, 0.4) is 0 Å². The average Bonchev–Trinajstić information content (AvgIpc) is 2.95. The zero-order valence-corrected chi connectivity index (χ0v) is 13.8. The standard InChI is InChI=1S/C16H26N2O2S/c1-3-16(8-4-5-9-16)12-18-21(19,20)15-7-6-14(11-17)13(2)10-15/h6-7,10,18H,3-5,8-9,11-12,17H2,1-2H3. The number of benzene rings is 1. The summed E-state index contributed by atoms with van der Waals surface area (Å²) in [4.78, 5) is 0.335. The summed E-state index contributed by atoms with van der Waals surface area (Å²) in [5, 5.41) is 0. The molecule has 4 nitrogen and oxygen atoms in total. The maximum Gasteiger partial charge on any atom is 0.240 e. The predicted molar refractivity (Wildman–Crippen MR) is 85.5 cm³/mol.